The standard InChI is InChI=1S/C29H33N5O6S/c30-29(31)32-22-7-4-6-20(18-22)15-17-40-23-13-11-21(12-14-23)19-25(28(36)37)33-27(35)26-10-5-16-34(26)41(38,39)24-8-2-1-3-9-24/h1-4,6-9,11-14,18,25-26H,5,10,15-17,19H2,(H,33,35)(H,36,37)(H4,30,31,32)/t25-,26-/m0/s1. The van der Waals surface area contributed by atoms with Gasteiger partial charge in [0.25, 0.3) is 0 Å². The third kappa shape index (κ3) is 7.83. The van der Waals surface area contributed by atoms with Crippen LogP contribution < -0.4 is 21.1 Å². The molecule has 2 atom stereocenters. The summed E-state index contributed by atoms with van der Waals surface area (Å²) in [5.74, 6) is -1.37. The lowest BCUT2D eigenvalue weighted by Gasteiger charge is -2.25. The molecule has 1 amide bonds. The molecule has 6 N–H and O–H groups in total. The number of nitrogens with two attached hydrogens (primary N) is 1. The fraction of sp³-hybridized carbons (Fsp3) is 0.276. The van der Waals surface area contributed by atoms with Crippen molar-refractivity contribution in [2.24, 2.45) is 5.73 Å². The highest BCUT2D eigenvalue weighted by molar-refractivity contribution is 7.89. The van der Waals surface area contributed by atoms with Gasteiger partial charge < -0.3 is 26.2 Å². The van der Waals surface area contributed by atoms with E-state index < -0.39 is 34.0 Å². The van der Waals surface area contributed by atoms with Crippen LogP contribution in [0.1, 0.15) is 24.0 Å². The summed E-state index contributed by atoms with van der Waals surface area (Å²) in [4.78, 5) is 25.2. The first-order valence-corrected chi connectivity index (χ1v) is 14.6. The number of anilines is 1. The van der Waals surface area contributed by atoms with Crippen molar-refractivity contribution in [1.29, 1.82) is 5.41 Å². The van der Waals surface area contributed by atoms with E-state index in [9.17, 15) is 23.1 Å². The van der Waals surface area contributed by atoms with E-state index in [0.717, 1.165) is 15.6 Å². The summed E-state index contributed by atoms with van der Waals surface area (Å²) in [5.41, 5.74) is 7.77. The van der Waals surface area contributed by atoms with Crippen molar-refractivity contribution >= 4 is 33.5 Å². The molecule has 0 saturated carbocycles. The average Bonchev–Trinajstić information content (AvgIpc) is 3.45. The second-order valence-corrected chi connectivity index (χ2v) is 11.6. The van der Waals surface area contributed by atoms with E-state index in [4.69, 9.17) is 15.9 Å². The summed E-state index contributed by atoms with van der Waals surface area (Å²) in [5, 5.41) is 22.4. The van der Waals surface area contributed by atoms with E-state index in [2.05, 4.69) is 10.6 Å². The molecule has 0 radical (unpaired) electrons. The van der Waals surface area contributed by atoms with E-state index >= 15 is 0 Å². The van der Waals surface area contributed by atoms with Crippen molar-refractivity contribution in [3.8, 4) is 5.75 Å². The molecular weight excluding hydrogens is 546 g/mol. The Morgan fingerprint density at radius 2 is 1.78 bits per heavy atom. The number of aliphatic carboxylic acids is 1. The summed E-state index contributed by atoms with van der Waals surface area (Å²) >= 11 is 0. The number of guanidine groups is 1. The summed E-state index contributed by atoms with van der Waals surface area (Å²) in [7, 11) is -3.89. The maximum atomic E-state index is 13.1. The molecular formula is C29H33N5O6S. The van der Waals surface area contributed by atoms with Crippen molar-refractivity contribution in [2.45, 2.75) is 42.7 Å². The summed E-state index contributed by atoms with van der Waals surface area (Å²) in [6.45, 7) is 0.593. The maximum absolute atomic E-state index is 13.1. The van der Waals surface area contributed by atoms with Crippen molar-refractivity contribution in [3.05, 3.63) is 90.0 Å². The van der Waals surface area contributed by atoms with Crippen molar-refractivity contribution in [1.82, 2.24) is 9.62 Å². The summed E-state index contributed by atoms with van der Waals surface area (Å²) < 4.78 is 33.2. The van der Waals surface area contributed by atoms with Gasteiger partial charge in [-0.15, -0.1) is 0 Å². The molecule has 3 aromatic carbocycles. The van der Waals surface area contributed by atoms with Gasteiger partial charge in [0.15, 0.2) is 5.96 Å². The van der Waals surface area contributed by atoms with Crippen LogP contribution >= 0.6 is 0 Å². The number of hydrogen-bond donors (Lipinski definition) is 5. The quantitative estimate of drug-likeness (QED) is 0.161. The number of nitrogens with one attached hydrogen (secondary N) is 3. The normalized spacial score (nSPS) is 16.0. The largest absolute Gasteiger partial charge is 0.493 e. The predicted octanol–water partition coefficient (Wildman–Crippen LogP) is 2.58. The Kier molecular flexibility index (Phi) is 9.58. The number of sulfonamides is 1. The summed E-state index contributed by atoms with van der Waals surface area (Å²) in [6.07, 6.45) is 1.47. The lowest BCUT2D eigenvalue weighted by atomic mass is 10.1. The first-order chi connectivity index (χ1) is 19.6. The van der Waals surface area contributed by atoms with Crippen LogP contribution in [0.15, 0.2) is 83.8 Å². The fourth-order valence-corrected chi connectivity index (χ4v) is 6.37. The molecule has 0 spiro atoms. The van der Waals surface area contributed by atoms with Gasteiger partial charge in [-0.1, -0.05) is 42.5 Å². The number of benzene rings is 3. The third-order valence-electron chi connectivity index (χ3n) is 6.70. The van der Waals surface area contributed by atoms with Crippen LogP contribution in [0.3, 0.4) is 0 Å². The van der Waals surface area contributed by atoms with Gasteiger partial charge in [0.1, 0.15) is 17.8 Å². The zero-order valence-electron chi connectivity index (χ0n) is 22.3. The predicted molar refractivity (Wildman–Crippen MR) is 154 cm³/mol. The molecule has 0 aromatic heterocycles. The van der Waals surface area contributed by atoms with Crippen LogP contribution in [0.4, 0.5) is 5.69 Å². The molecule has 12 heteroatoms. The van der Waals surface area contributed by atoms with Gasteiger partial charge in [-0.3, -0.25) is 10.2 Å². The summed E-state index contributed by atoms with van der Waals surface area (Å²) in [6, 6.07) is 20.1. The van der Waals surface area contributed by atoms with Gasteiger partial charge in [0, 0.05) is 25.1 Å². The Morgan fingerprint density at radius 3 is 2.46 bits per heavy atom. The number of carbonyl (C=O) groups excluding carboxylic acids is 1. The molecule has 11 nitrogen and oxygen atoms in total. The van der Waals surface area contributed by atoms with Gasteiger partial charge >= 0.3 is 5.97 Å². The van der Waals surface area contributed by atoms with Crippen LogP contribution in [0, 0.1) is 5.41 Å². The van der Waals surface area contributed by atoms with E-state index in [0.29, 0.717) is 37.2 Å². The molecule has 41 heavy (non-hydrogen) atoms. The van der Waals surface area contributed by atoms with Crippen LogP contribution in [-0.4, -0.2) is 60.9 Å². The molecule has 1 fully saturated rings. The maximum Gasteiger partial charge on any atom is 0.326 e. The SMILES string of the molecule is N=C(N)Nc1cccc(CCOc2ccc(C[C@H](NC(=O)[C@@H]3CCCN3S(=O)(=O)c3ccccc3)C(=O)O)cc2)c1. The molecule has 3 aromatic rings. The minimum Gasteiger partial charge on any atom is -0.493 e. The Hall–Kier alpha value is -4.42. The van der Waals surface area contributed by atoms with Crippen molar-refractivity contribution in [2.75, 3.05) is 18.5 Å². The molecule has 0 bridgehead atoms. The number of carboxylic acid groups (broad SMARTS) is 1. The van der Waals surface area contributed by atoms with E-state index in [1.54, 1.807) is 42.5 Å². The monoisotopic (exact) mass is 579 g/mol. The number of ether oxygens (including phenoxy) is 1. The number of carbonyl (C=O) groups is 2. The minimum absolute atomic E-state index is 0.0233. The van der Waals surface area contributed by atoms with Gasteiger partial charge in [-0.25, -0.2) is 13.2 Å². The lowest BCUT2D eigenvalue weighted by molar-refractivity contribution is -0.142. The Labute approximate surface area is 238 Å². The zero-order valence-corrected chi connectivity index (χ0v) is 23.1. The lowest BCUT2D eigenvalue weighted by Crippen LogP contribution is -2.51. The molecule has 4 rings (SSSR count). The fourth-order valence-electron chi connectivity index (χ4n) is 4.69. The topological polar surface area (TPSA) is 175 Å². The molecule has 0 unspecified atom stereocenters. The van der Waals surface area contributed by atoms with Crippen LogP contribution in [-0.2, 0) is 32.5 Å². The number of nitrogens with zero attached hydrogens (tertiary/aromatic N) is 1. The number of rotatable bonds is 12. The van der Waals surface area contributed by atoms with Gasteiger partial charge in [-0.05, 0) is 60.4 Å². The Balaban J connectivity index is 1.32. The molecule has 216 valence electrons. The van der Waals surface area contributed by atoms with E-state index in [-0.39, 0.29) is 23.8 Å². The van der Waals surface area contributed by atoms with Gasteiger partial charge in [-0.2, -0.15) is 4.31 Å². The number of amides is 1. The number of carboxylic acids is 1. The molecule has 0 aliphatic carbocycles. The third-order valence-corrected chi connectivity index (χ3v) is 8.62. The second kappa shape index (κ2) is 13.3. The van der Waals surface area contributed by atoms with Gasteiger partial charge in [0.2, 0.25) is 15.9 Å². The molecule has 1 aliphatic heterocycles. The first-order valence-electron chi connectivity index (χ1n) is 13.2. The van der Waals surface area contributed by atoms with Crippen LogP contribution in [0.2, 0.25) is 0 Å². The smallest absolute Gasteiger partial charge is 0.326 e. The Bertz CT molecular complexity index is 1480. The Morgan fingerprint density at radius 1 is 1.05 bits per heavy atom. The molecule has 1 aliphatic rings. The highest BCUT2D eigenvalue weighted by Gasteiger charge is 2.40. The second-order valence-electron chi connectivity index (χ2n) is 9.67. The average molecular weight is 580 g/mol. The van der Waals surface area contributed by atoms with Crippen LogP contribution in [0.25, 0.3) is 0 Å². The zero-order chi connectivity index (χ0) is 29.4. The van der Waals surface area contributed by atoms with Crippen LogP contribution in [0.5, 0.6) is 5.75 Å². The minimum atomic E-state index is -3.89. The van der Waals surface area contributed by atoms with Gasteiger partial charge in [0.05, 0.1) is 11.5 Å². The molecule has 1 saturated heterocycles. The highest BCUT2D eigenvalue weighted by Crippen LogP contribution is 2.26. The van der Waals surface area contributed by atoms with Crippen molar-refractivity contribution in [3.63, 3.8) is 0 Å². The highest BCUT2D eigenvalue weighted by atomic mass is 32.2. The van der Waals surface area contributed by atoms with Crippen molar-refractivity contribution < 1.29 is 27.9 Å². The van der Waals surface area contributed by atoms with E-state index in [1.807, 2.05) is 24.3 Å². The first kappa shape index (κ1) is 29.6. The molecule has 1 heterocycles. The number of hydrogen-bond acceptors (Lipinski definition) is 6. The van der Waals surface area contributed by atoms with E-state index in [1.165, 1.54) is 12.1 Å².